The van der Waals surface area contributed by atoms with Gasteiger partial charge in [0.25, 0.3) is 11.5 Å². The maximum Gasteiger partial charge on any atom is 0.435 e. The van der Waals surface area contributed by atoms with Gasteiger partial charge in [-0.25, -0.2) is 0 Å². The second-order valence-corrected chi connectivity index (χ2v) is 10.6. The summed E-state index contributed by atoms with van der Waals surface area (Å²) in [4.78, 5) is 30.5. The molecule has 0 fully saturated rings. The summed E-state index contributed by atoms with van der Waals surface area (Å²) in [5.74, 6) is -1.07. The van der Waals surface area contributed by atoms with Crippen LogP contribution in [0, 0.1) is 11.3 Å². The van der Waals surface area contributed by atoms with Crippen LogP contribution >= 0.6 is 46.1 Å². The lowest BCUT2D eigenvalue weighted by atomic mass is 9.85. The predicted molar refractivity (Wildman–Crippen MR) is 133 cm³/mol. The lowest BCUT2D eigenvalue weighted by molar-refractivity contribution is -0.275. The number of amides is 2. The van der Waals surface area contributed by atoms with Gasteiger partial charge in [-0.15, -0.1) is 11.3 Å². The van der Waals surface area contributed by atoms with Crippen LogP contribution in [0.1, 0.15) is 50.5 Å². The van der Waals surface area contributed by atoms with E-state index in [1.165, 1.54) is 0 Å². The summed E-state index contributed by atoms with van der Waals surface area (Å²) in [5.41, 5.74) is -1.65. The third kappa shape index (κ3) is 5.25. The van der Waals surface area contributed by atoms with Crippen molar-refractivity contribution in [3.63, 3.8) is 0 Å². The Balaban J connectivity index is 1.66. The van der Waals surface area contributed by atoms with Gasteiger partial charge in [-0.2, -0.15) is 18.4 Å². The number of thiophene rings is 1. The lowest BCUT2D eigenvalue weighted by Crippen LogP contribution is -2.42. The molecule has 2 heterocycles. The first-order chi connectivity index (χ1) is 17.5. The van der Waals surface area contributed by atoms with Gasteiger partial charge in [-0.1, -0.05) is 40.0 Å². The second kappa shape index (κ2) is 10.7. The molecule has 0 spiro atoms. The van der Waals surface area contributed by atoms with Crippen molar-refractivity contribution in [1.29, 1.82) is 5.26 Å². The minimum atomic E-state index is -4.88. The van der Waals surface area contributed by atoms with Crippen molar-refractivity contribution >= 4 is 63.7 Å². The Morgan fingerprint density at radius 3 is 2.41 bits per heavy atom. The number of nitrogens with zero attached hydrogens (tertiary/aromatic N) is 2. The summed E-state index contributed by atoms with van der Waals surface area (Å²) in [5, 5.41) is 16.8. The lowest BCUT2D eigenvalue weighted by Gasteiger charge is -2.30. The Labute approximate surface area is 228 Å². The van der Waals surface area contributed by atoms with E-state index >= 15 is 0 Å². The van der Waals surface area contributed by atoms with Crippen LogP contribution in [-0.2, 0) is 28.1 Å². The van der Waals surface area contributed by atoms with Crippen molar-refractivity contribution < 1.29 is 27.6 Å². The van der Waals surface area contributed by atoms with E-state index in [-0.39, 0.29) is 39.4 Å². The van der Waals surface area contributed by atoms with Crippen molar-refractivity contribution in [1.82, 2.24) is 10.6 Å². The van der Waals surface area contributed by atoms with Gasteiger partial charge >= 0.3 is 6.18 Å². The van der Waals surface area contributed by atoms with Gasteiger partial charge in [0.2, 0.25) is 5.91 Å². The first kappa shape index (κ1) is 27.5. The Hall–Kier alpha value is -2.52. The number of nitriles is 1. The van der Waals surface area contributed by atoms with E-state index < -0.39 is 30.0 Å². The van der Waals surface area contributed by atoms with Crippen LogP contribution in [0.4, 0.5) is 13.2 Å². The van der Waals surface area contributed by atoms with Crippen LogP contribution < -0.4 is 10.6 Å². The van der Waals surface area contributed by atoms with Crippen LogP contribution in [0.2, 0.25) is 15.1 Å². The highest BCUT2D eigenvalue weighted by Gasteiger charge is 2.62. The molecule has 0 saturated heterocycles. The van der Waals surface area contributed by atoms with E-state index in [1.807, 2.05) is 0 Å². The number of nitrogens with one attached hydrogen (secondary N) is 2. The molecule has 37 heavy (non-hydrogen) atoms. The smallest absolute Gasteiger partial charge is 0.374 e. The number of fused-ring (bicyclic) bond motifs is 1. The van der Waals surface area contributed by atoms with E-state index in [4.69, 9.17) is 44.9 Å². The Morgan fingerprint density at radius 2 is 1.78 bits per heavy atom. The van der Waals surface area contributed by atoms with Crippen molar-refractivity contribution in [2.24, 2.45) is 5.16 Å². The van der Waals surface area contributed by atoms with Crippen molar-refractivity contribution in [2.75, 3.05) is 13.1 Å². The largest absolute Gasteiger partial charge is 0.435 e. The fourth-order valence-corrected chi connectivity index (χ4v) is 6.19. The number of halogens is 6. The van der Waals surface area contributed by atoms with E-state index in [2.05, 4.69) is 15.8 Å². The number of hydrogen-bond acceptors (Lipinski definition) is 6. The molecule has 2 N–H and O–H groups in total. The molecule has 1 atom stereocenters. The maximum atomic E-state index is 14.5. The highest BCUT2D eigenvalue weighted by atomic mass is 35.5. The van der Waals surface area contributed by atoms with Gasteiger partial charge in [-0.05, 0) is 48.9 Å². The van der Waals surface area contributed by atoms with Gasteiger partial charge < -0.3 is 15.5 Å². The molecule has 0 saturated carbocycles. The molecule has 2 aliphatic rings. The van der Waals surface area contributed by atoms with Gasteiger partial charge in [0, 0.05) is 5.56 Å². The van der Waals surface area contributed by atoms with Crippen LogP contribution in [0.25, 0.3) is 0 Å². The van der Waals surface area contributed by atoms with Gasteiger partial charge in [-0.3, -0.25) is 9.59 Å². The number of rotatable bonds is 6. The third-order valence-electron chi connectivity index (χ3n) is 6.10. The quantitative estimate of drug-likeness (QED) is 0.339. The highest BCUT2D eigenvalue weighted by molar-refractivity contribution is 7.16. The van der Waals surface area contributed by atoms with Crippen LogP contribution in [0.3, 0.4) is 0 Å². The zero-order valence-electron chi connectivity index (χ0n) is 18.9. The van der Waals surface area contributed by atoms with E-state index in [0.717, 1.165) is 47.4 Å². The first-order valence-corrected chi connectivity index (χ1v) is 13.0. The molecule has 14 heteroatoms. The molecule has 0 bridgehead atoms. The summed E-state index contributed by atoms with van der Waals surface area (Å²) >= 11 is 19.0. The average Bonchev–Trinajstić information content (AvgIpc) is 3.47. The molecular weight excluding hydrogens is 576 g/mol. The normalized spacial score (nSPS) is 18.9. The summed E-state index contributed by atoms with van der Waals surface area (Å²) in [7, 11) is 0. The number of carbonyl (C=O) groups is 2. The molecule has 2 amide bonds. The number of oxime groups is 1. The summed E-state index contributed by atoms with van der Waals surface area (Å²) < 4.78 is 43.4. The van der Waals surface area contributed by atoms with Crippen LogP contribution in [-0.4, -0.2) is 36.8 Å². The summed E-state index contributed by atoms with van der Waals surface area (Å²) in [6.07, 6.45) is -2.80. The molecule has 1 unspecified atom stereocenters. The topological polar surface area (TPSA) is 104 Å². The average molecular weight is 594 g/mol. The standard InChI is InChI=1S/C23H18Cl3F3N4O3S/c24-14-7-11(8-15(25)18(14)26)22(23(27,28)29)9-16(33-36-22)19-12-3-1-2-4-13(12)20(37-19)21(35)32-10-17(34)31-6-5-30/h7-8H,1-4,6,9-10H2,(H,31,34)(H,32,35). The molecule has 1 aromatic carbocycles. The maximum absolute atomic E-state index is 14.5. The van der Waals surface area contributed by atoms with E-state index in [9.17, 15) is 22.8 Å². The predicted octanol–water partition coefficient (Wildman–Crippen LogP) is 5.54. The Kier molecular flexibility index (Phi) is 7.95. The van der Waals surface area contributed by atoms with Crippen LogP contribution in [0.5, 0.6) is 0 Å². The Morgan fingerprint density at radius 1 is 1.14 bits per heavy atom. The first-order valence-electron chi connectivity index (χ1n) is 11.0. The zero-order chi connectivity index (χ0) is 27.0. The number of carbonyl (C=O) groups excluding carboxylic acids is 2. The molecule has 196 valence electrons. The molecular formula is C23H18Cl3F3N4O3S. The van der Waals surface area contributed by atoms with Gasteiger partial charge in [0.15, 0.2) is 0 Å². The molecule has 4 rings (SSSR count). The van der Waals surface area contributed by atoms with Crippen molar-refractivity contribution in [3.05, 3.63) is 53.6 Å². The molecule has 2 aromatic rings. The third-order valence-corrected chi connectivity index (χ3v) is 8.62. The van der Waals surface area contributed by atoms with E-state index in [0.29, 0.717) is 22.6 Å². The summed E-state index contributed by atoms with van der Waals surface area (Å²) in [6, 6.07) is 3.88. The SMILES string of the molecule is N#CCNC(=O)CNC(=O)c1sc(C2=NOC(c3cc(Cl)c(Cl)c(Cl)c3)(C(F)(F)F)C2)c2c1CCCC2. The summed E-state index contributed by atoms with van der Waals surface area (Å²) in [6.45, 7) is -0.542. The van der Waals surface area contributed by atoms with Crippen molar-refractivity contribution in [3.8, 4) is 6.07 Å². The fraction of sp³-hybridized carbons (Fsp3) is 0.391. The minimum Gasteiger partial charge on any atom is -0.374 e. The molecule has 7 nitrogen and oxygen atoms in total. The fourth-order valence-electron chi connectivity index (χ4n) is 4.30. The number of hydrogen-bond donors (Lipinski definition) is 2. The number of benzene rings is 1. The van der Waals surface area contributed by atoms with Crippen LogP contribution in [0.15, 0.2) is 17.3 Å². The molecule has 1 aromatic heterocycles. The van der Waals surface area contributed by atoms with Gasteiger partial charge in [0.1, 0.15) is 12.3 Å². The molecule has 0 radical (unpaired) electrons. The zero-order valence-corrected chi connectivity index (χ0v) is 22.0. The van der Waals surface area contributed by atoms with Gasteiger partial charge in [0.05, 0.1) is 43.9 Å². The number of alkyl halides is 3. The molecule has 1 aliphatic heterocycles. The van der Waals surface area contributed by atoms with E-state index in [1.54, 1.807) is 6.07 Å². The second-order valence-electron chi connectivity index (χ2n) is 8.43. The van der Waals surface area contributed by atoms with Crippen molar-refractivity contribution in [2.45, 2.75) is 43.9 Å². The minimum absolute atomic E-state index is 0.0495. The Bertz CT molecular complexity index is 1320. The highest BCUT2D eigenvalue weighted by Crippen LogP contribution is 2.51. The monoisotopic (exact) mass is 592 g/mol. The molecule has 1 aliphatic carbocycles.